The van der Waals surface area contributed by atoms with Gasteiger partial charge in [-0.2, -0.15) is 5.10 Å². The zero-order chi connectivity index (χ0) is 24.5. The molecule has 2 heterocycles. The molecule has 0 aliphatic carbocycles. The van der Waals surface area contributed by atoms with Gasteiger partial charge in [-0.05, 0) is 43.2 Å². The first kappa shape index (κ1) is 23.9. The average molecular weight is 487 g/mol. The van der Waals surface area contributed by atoms with Crippen LogP contribution in [0, 0.1) is 0 Å². The third-order valence-electron chi connectivity index (χ3n) is 6.28. The number of methoxy groups -OCH3 is 2. The third kappa shape index (κ3) is 4.68. The maximum atomic E-state index is 12.6. The number of rotatable bonds is 4. The van der Waals surface area contributed by atoms with Crippen LogP contribution in [0.25, 0.3) is 0 Å². The monoisotopic (exact) mass is 486 g/mol. The lowest BCUT2D eigenvalue weighted by Crippen LogP contribution is -2.41. The van der Waals surface area contributed by atoms with Gasteiger partial charge in [0.25, 0.3) is 0 Å². The van der Waals surface area contributed by atoms with Crippen LogP contribution in [-0.4, -0.2) is 77.1 Å². The lowest BCUT2D eigenvalue weighted by Gasteiger charge is -2.29. The van der Waals surface area contributed by atoms with Gasteiger partial charge >= 0.3 is 6.03 Å². The topological polar surface area (TPSA) is 101 Å². The first-order valence-corrected chi connectivity index (χ1v) is 13.0. The van der Waals surface area contributed by atoms with Crippen molar-refractivity contribution in [2.24, 2.45) is 5.10 Å². The molecule has 0 spiro atoms. The van der Waals surface area contributed by atoms with Gasteiger partial charge in [0.15, 0.2) is 21.3 Å². The number of urea groups is 1. The Labute approximate surface area is 200 Å². The van der Waals surface area contributed by atoms with Crippen LogP contribution in [0.2, 0.25) is 0 Å². The van der Waals surface area contributed by atoms with E-state index in [1.807, 2.05) is 43.3 Å². The summed E-state index contributed by atoms with van der Waals surface area (Å²) in [6.45, 7) is 2.91. The molecule has 2 aromatic carbocycles. The number of sulfone groups is 1. The Balaban J connectivity index is 1.76. The number of ether oxygens (including phenoxy) is 2. The summed E-state index contributed by atoms with van der Waals surface area (Å²) in [4.78, 5) is 14.7. The minimum absolute atomic E-state index is 0.162. The lowest BCUT2D eigenvalue weighted by atomic mass is 9.94. The summed E-state index contributed by atoms with van der Waals surface area (Å²) < 4.78 is 34.6. The van der Waals surface area contributed by atoms with Crippen LogP contribution < -0.4 is 19.7 Å². The van der Waals surface area contributed by atoms with Crippen molar-refractivity contribution in [1.82, 2.24) is 10.3 Å². The maximum Gasteiger partial charge on any atom is 0.337 e. The summed E-state index contributed by atoms with van der Waals surface area (Å²) >= 11 is 0. The number of carbonyl (C=O) groups excluding carboxylic acids is 1. The Morgan fingerprint density at radius 2 is 1.68 bits per heavy atom. The van der Waals surface area contributed by atoms with E-state index < -0.39 is 9.84 Å². The number of nitrogens with zero attached hydrogens (tertiary/aromatic N) is 3. The summed E-state index contributed by atoms with van der Waals surface area (Å²) in [6.07, 6.45) is 0.594. The van der Waals surface area contributed by atoms with Crippen molar-refractivity contribution in [3.8, 4) is 11.5 Å². The van der Waals surface area contributed by atoms with E-state index in [2.05, 4.69) is 10.2 Å². The van der Waals surface area contributed by atoms with Crippen LogP contribution in [0.1, 0.15) is 23.6 Å². The van der Waals surface area contributed by atoms with Gasteiger partial charge in [0, 0.05) is 37.0 Å². The molecule has 1 atom stereocenters. The van der Waals surface area contributed by atoms with Crippen LogP contribution in [0.15, 0.2) is 41.5 Å². The van der Waals surface area contributed by atoms with Gasteiger partial charge in [-0.15, -0.1) is 0 Å². The van der Waals surface area contributed by atoms with E-state index in [1.165, 1.54) is 5.01 Å². The van der Waals surface area contributed by atoms with Crippen LogP contribution in [0.3, 0.4) is 0 Å². The minimum atomic E-state index is -2.95. The summed E-state index contributed by atoms with van der Waals surface area (Å²) in [5, 5.41) is 8.92. The molecule has 2 amide bonds. The largest absolute Gasteiger partial charge is 0.493 e. The molecular formula is C24H30N4O5S. The second-order valence-electron chi connectivity index (χ2n) is 8.45. The van der Waals surface area contributed by atoms with Crippen molar-refractivity contribution in [1.29, 1.82) is 0 Å². The Bertz CT molecular complexity index is 1200. The van der Waals surface area contributed by atoms with Crippen molar-refractivity contribution >= 4 is 27.3 Å². The van der Waals surface area contributed by atoms with Gasteiger partial charge in [-0.25, -0.2) is 18.2 Å². The highest BCUT2D eigenvalue weighted by atomic mass is 32.2. The summed E-state index contributed by atoms with van der Waals surface area (Å²) in [6, 6.07) is 11.2. The molecule has 1 fully saturated rings. The van der Waals surface area contributed by atoms with Gasteiger partial charge in [0.2, 0.25) is 0 Å². The summed E-state index contributed by atoms with van der Waals surface area (Å²) in [5.41, 5.74) is 4.31. The first-order valence-electron chi connectivity index (χ1n) is 11.2. The highest BCUT2D eigenvalue weighted by Crippen LogP contribution is 2.35. The number of hydrazone groups is 1. The molecule has 4 rings (SSSR count). The molecule has 182 valence electrons. The Morgan fingerprint density at radius 1 is 1.06 bits per heavy atom. The lowest BCUT2D eigenvalue weighted by molar-refractivity contribution is 0.184. The fourth-order valence-corrected chi connectivity index (χ4v) is 5.55. The fourth-order valence-electron chi connectivity index (χ4n) is 4.35. The molecular weight excluding hydrogens is 456 g/mol. The van der Waals surface area contributed by atoms with E-state index in [-0.39, 0.29) is 23.6 Å². The highest BCUT2D eigenvalue weighted by Gasteiger charge is 2.28. The van der Waals surface area contributed by atoms with E-state index in [1.54, 1.807) is 21.3 Å². The Kier molecular flexibility index (Phi) is 6.70. The normalized spacial score (nSPS) is 19.5. The molecule has 0 aromatic heterocycles. The fraction of sp³-hybridized carbons (Fsp3) is 0.417. The third-order valence-corrected chi connectivity index (χ3v) is 7.89. The highest BCUT2D eigenvalue weighted by molar-refractivity contribution is 7.91. The Hall–Kier alpha value is -3.27. The minimum Gasteiger partial charge on any atom is -0.493 e. The maximum absolute atomic E-state index is 12.6. The number of hydrogen-bond acceptors (Lipinski definition) is 7. The van der Waals surface area contributed by atoms with Crippen LogP contribution in [0.5, 0.6) is 11.5 Å². The molecule has 2 aromatic rings. The quantitative estimate of drug-likeness (QED) is 0.712. The second kappa shape index (κ2) is 9.54. The number of carbonyl (C=O) groups is 1. The smallest absolute Gasteiger partial charge is 0.337 e. The molecule has 1 saturated heterocycles. The van der Waals surface area contributed by atoms with E-state index >= 15 is 0 Å². The SMILES string of the molecule is CNC(=O)N1N=C(c2ccc(N3CCS(=O)(=O)CC3)cc2)c2cc(OC)c(OC)cc2C[C@@H]1C. The molecule has 0 radical (unpaired) electrons. The van der Waals surface area contributed by atoms with E-state index in [9.17, 15) is 13.2 Å². The standard InChI is InChI=1S/C24H30N4O5S/c1-16-13-18-14-21(32-3)22(33-4)15-20(18)23(26-28(16)24(29)25-2)17-5-7-19(8-6-17)27-9-11-34(30,31)12-10-27/h5-8,14-16H,9-13H2,1-4H3,(H,25,29)/t16-/m0/s1. The zero-order valence-electron chi connectivity index (χ0n) is 19.9. The summed E-state index contributed by atoms with van der Waals surface area (Å²) in [5.74, 6) is 1.53. The molecule has 1 N–H and O–H groups in total. The molecule has 10 heteroatoms. The van der Waals surface area contributed by atoms with Crippen LogP contribution in [0.4, 0.5) is 10.5 Å². The first-order chi connectivity index (χ1) is 16.3. The molecule has 0 unspecified atom stereocenters. The van der Waals surface area contributed by atoms with Crippen molar-refractivity contribution in [3.05, 3.63) is 53.1 Å². The molecule has 9 nitrogen and oxygen atoms in total. The second-order valence-corrected chi connectivity index (χ2v) is 10.8. The predicted octanol–water partition coefficient (Wildman–Crippen LogP) is 2.28. The molecule has 0 saturated carbocycles. The molecule has 34 heavy (non-hydrogen) atoms. The number of anilines is 1. The number of benzene rings is 2. The average Bonchev–Trinajstić information content (AvgIpc) is 2.98. The number of hydrogen-bond donors (Lipinski definition) is 1. The van der Waals surface area contributed by atoms with Crippen LogP contribution in [-0.2, 0) is 16.3 Å². The zero-order valence-corrected chi connectivity index (χ0v) is 20.7. The van der Waals surface area contributed by atoms with Gasteiger partial charge < -0.3 is 19.7 Å². The van der Waals surface area contributed by atoms with Gasteiger partial charge in [-0.1, -0.05) is 12.1 Å². The van der Waals surface area contributed by atoms with E-state index in [0.717, 1.165) is 22.4 Å². The Morgan fingerprint density at radius 3 is 2.26 bits per heavy atom. The van der Waals surface area contributed by atoms with E-state index in [4.69, 9.17) is 14.6 Å². The number of nitrogens with one attached hydrogen (secondary N) is 1. The van der Waals surface area contributed by atoms with Crippen molar-refractivity contribution in [2.45, 2.75) is 19.4 Å². The predicted molar refractivity (Wildman–Crippen MR) is 132 cm³/mol. The van der Waals surface area contributed by atoms with Crippen molar-refractivity contribution in [3.63, 3.8) is 0 Å². The molecule has 2 aliphatic rings. The number of fused-ring (bicyclic) bond motifs is 1. The molecule has 2 aliphatic heterocycles. The summed E-state index contributed by atoms with van der Waals surface area (Å²) in [7, 11) is 1.82. The van der Waals surface area contributed by atoms with Gasteiger partial charge in [0.05, 0.1) is 37.5 Å². The van der Waals surface area contributed by atoms with Gasteiger partial charge in [-0.3, -0.25) is 0 Å². The van der Waals surface area contributed by atoms with Crippen molar-refractivity contribution < 1.29 is 22.7 Å². The van der Waals surface area contributed by atoms with Crippen LogP contribution >= 0.6 is 0 Å². The number of amides is 2. The van der Waals surface area contributed by atoms with Gasteiger partial charge in [0.1, 0.15) is 0 Å². The van der Waals surface area contributed by atoms with Crippen molar-refractivity contribution in [2.75, 3.05) is 50.8 Å². The van der Waals surface area contributed by atoms with E-state index in [0.29, 0.717) is 36.7 Å². The molecule has 0 bridgehead atoms.